The number of anilines is 1. The molecular formula is C18H20N4O3S. The number of aromatic nitrogens is 2. The van der Waals surface area contributed by atoms with E-state index in [1.165, 1.54) is 6.33 Å². The Kier molecular flexibility index (Phi) is 6.62. The van der Waals surface area contributed by atoms with Gasteiger partial charge in [-0.3, -0.25) is 4.79 Å². The minimum atomic E-state index is -0.374. The number of carbonyl (C=O) groups excluding carboxylic acids is 1. The van der Waals surface area contributed by atoms with Gasteiger partial charge in [-0.2, -0.15) is 0 Å². The second kappa shape index (κ2) is 8.91. The van der Waals surface area contributed by atoms with Crippen molar-refractivity contribution in [3.63, 3.8) is 0 Å². The van der Waals surface area contributed by atoms with E-state index in [-0.39, 0.29) is 5.91 Å². The Bertz CT molecular complexity index is 918. The number of benzene rings is 2. The van der Waals surface area contributed by atoms with E-state index in [0.717, 1.165) is 15.8 Å². The highest BCUT2D eigenvalue weighted by atomic mass is 32.2. The average molecular weight is 372 g/mol. The molecule has 0 saturated heterocycles. The van der Waals surface area contributed by atoms with Crippen LogP contribution in [0.4, 0.5) is 5.82 Å². The summed E-state index contributed by atoms with van der Waals surface area (Å²) >= 11 is 1.59. The molecule has 0 saturated carbocycles. The number of thioether (sulfide) groups is 1. The Morgan fingerprint density at radius 3 is 2.38 bits per heavy atom. The minimum absolute atomic E-state index is 0.374. The Balaban J connectivity index is 0.000000197. The molecule has 0 aliphatic carbocycles. The van der Waals surface area contributed by atoms with Crippen LogP contribution in [0.2, 0.25) is 0 Å². The first-order valence-corrected chi connectivity index (χ1v) is 8.78. The third kappa shape index (κ3) is 4.54. The zero-order valence-corrected chi connectivity index (χ0v) is 15.5. The molecule has 136 valence electrons. The number of nitrogen functional groups attached to an aromatic ring is 1. The van der Waals surface area contributed by atoms with E-state index >= 15 is 0 Å². The summed E-state index contributed by atoms with van der Waals surface area (Å²) in [6, 6.07) is 10.8. The summed E-state index contributed by atoms with van der Waals surface area (Å²) in [4.78, 5) is 19.7. The second-order valence-electron chi connectivity index (χ2n) is 5.08. The zero-order valence-electron chi connectivity index (χ0n) is 14.7. The van der Waals surface area contributed by atoms with Crippen molar-refractivity contribution in [2.45, 2.75) is 4.90 Å². The normalized spacial score (nSPS) is 9.96. The SMILES string of the molecule is COc1cc2ncnc(N)c2cc1OC.CSc1cccc(C(N)=O)c1. The number of nitrogens with two attached hydrogens (primary N) is 2. The summed E-state index contributed by atoms with van der Waals surface area (Å²) in [6.45, 7) is 0. The number of hydrogen-bond acceptors (Lipinski definition) is 7. The Morgan fingerprint density at radius 2 is 1.77 bits per heavy atom. The fourth-order valence-corrected chi connectivity index (χ4v) is 2.64. The van der Waals surface area contributed by atoms with Crippen LogP contribution in [0, 0.1) is 0 Å². The van der Waals surface area contributed by atoms with Gasteiger partial charge in [0, 0.05) is 21.9 Å². The van der Waals surface area contributed by atoms with Crippen molar-refractivity contribution in [1.82, 2.24) is 9.97 Å². The third-order valence-electron chi connectivity index (χ3n) is 3.53. The molecule has 0 unspecified atom stereocenters. The Hall–Kier alpha value is -3.00. The van der Waals surface area contributed by atoms with E-state index in [4.69, 9.17) is 20.9 Å². The number of primary amides is 1. The summed E-state index contributed by atoms with van der Waals surface area (Å²) in [5.74, 6) is 1.30. The smallest absolute Gasteiger partial charge is 0.248 e. The summed E-state index contributed by atoms with van der Waals surface area (Å²) in [5, 5.41) is 0.759. The predicted molar refractivity (Wildman–Crippen MR) is 104 cm³/mol. The van der Waals surface area contributed by atoms with E-state index in [0.29, 0.717) is 22.9 Å². The van der Waals surface area contributed by atoms with E-state index in [9.17, 15) is 4.79 Å². The third-order valence-corrected chi connectivity index (χ3v) is 4.25. The lowest BCUT2D eigenvalue weighted by Gasteiger charge is -2.08. The van der Waals surface area contributed by atoms with Crippen LogP contribution in [-0.4, -0.2) is 36.4 Å². The molecular weight excluding hydrogens is 352 g/mol. The van der Waals surface area contributed by atoms with Gasteiger partial charge in [0.25, 0.3) is 0 Å². The molecule has 8 heteroatoms. The van der Waals surface area contributed by atoms with Gasteiger partial charge in [0.15, 0.2) is 11.5 Å². The van der Waals surface area contributed by atoms with Gasteiger partial charge < -0.3 is 20.9 Å². The van der Waals surface area contributed by atoms with Gasteiger partial charge in [0.1, 0.15) is 12.1 Å². The second-order valence-corrected chi connectivity index (χ2v) is 5.96. The molecule has 0 radical (unpaired) electrons. The molecule has 0 fully saturated rings. The lowest BCUT2D eigenvalue weighted by molar-refractivity contribution is 0.1000. The first-order valence-electron chi connectivity index (χ1n) is 7.56. The van der Waals surface area contributed by atoms with Gasteiger partial charge in [-0.05, 0) is 30.5 Å². The van der Waals surface area contributed by atoms with Gasteiger partial charge in [-0.1, -0.05) is 6.07 Å². The molecule has 3 rings (SSSR count). The van der Waals surface area contributed by atoms with Gasteiger partial charge in [0.05, 0.1) is 19.7 Å². The van der Waals surface area contributed by atoms with Crippen LogP contribution in [0.3, 0.4) is 0 Å². The van der Waals surface area contributed by atoms with E-state index in [1.54, 1.807) is 50.2 Å². The highest BCUT2D eigenvalue weighted by molar-refractivity contribution is 7.98. The maximum atomic E-state index is 10.7. The van der Waals surface area contributed by atoms with E-state index < -0.39 is 0 Å². The summed E-state index contributed by atoms with van der Waals surface area (Å²) in [7, 11) is 3.15. The maximum absolute atomic E-state index is 10.7. The maximum Gasteiger partial charge on any atom is 0.248 e. The molecule has 0 atom stereocenters. The first-order chi connectivity index (χ1) is 12.5. The molecule has 4 N–H and O–H groups in total. The molecule has 26 heavy (non-hydrogen) atoms. The molecule has 1 amide bonds. The monoisotopic (exact) mass is 372 g/mol. The Labute approximate surface area is 155 Å². The van der Waals surface area contributed by atoms with Gasteiger partial charge in [0.2, 0.25) is 5.91 Å². The van der Waals surface area contributed by atoms with Crippen molar-refractivity contribution >= 4 is 34.4 Å². The number of ether oxygens (including phenoxy) is 2. The fraction of sp³-hybridized carbons (Fsp3) is 0.167. The fourth-order valence-electron chi connectivity index (χ4n) is 2.18. The van der Waals surface area contributed by atoms with Crippen LogP contribution in [0.5, 0.6) is 11.5 Å². The van der Waals surface area contributed by atoms with Crippen molar-refractivity contribution < 1.29 is 14.3 Å². The lowest BCUT2D eigenvalue weighted by atomic mass is 10.2. The molecule has 3 aromatic rings. The molecule has 1 aromatic heterocycles. The van der Waals surface area contributed by atoms with Crippen LogP contribution in [0.25, 0.3) is 10.9 Å². The average Bonchev–Trinajstić information content (AvgIpc) is 2.67. The van der Waals surface area contributed by atoms with Crippen LogP contribution in [0.15, 0.2) is 47.6 Å². The molecule has 0 bridgehead atoms. The number of fused-ring (bicyclic) bond motifs is 1. The van der Waals surface area contributed by atoms with Crippen LogP contribution in [0.1, 0.15) is 10.4 Å². The predicted octanol–water partition coefficient (Wildman–Crippen LogP) is 2.74. The van der Waals surface area contributed by atoms with Crippen molar-refractivity contribution in [3.05, 3.63) is 48.3 Å². The minimum Gasteiger partial charge on any atom is -0.493 e. The lowest BCUT2D eigenvalue weighted by Crippen LogP contribution is -2.10. The van der Waals surface area contributed by atoms with Crippen LogP contribution in [-0.2, 0) is 0 Å². The van der Waals surface area contributed by atoms with Crippen LogP contribution < -0.4 is 20.9 Å². The summed E-state index contributed by atoms with van der Waals surface area (Å²) < 4.78 is 10.3. The highest BCUT2D eigenvalue weighted by Gasteiger charge is 2.08. The molecule has 1 heterocycles. The van der Waals surface area contributed by atoms with Gasteiger partial charge in [-0.15, -0.1) is 11.8 Å². The topological polar surface area (TPSA) is 113 Å². The molecule has 0 spiro atoms. The highest BCUT2D eigenvalue weighted by Crippen LogP contribution is 2.32. The van der Waals surface area contributed by atoms with Crippen molar-refractivity contribution in [1.29, 1.82) is 0 Å². The van der Waals surface area contributed by atoms with Crippen molar-refractivity contribution in [2.24, 2.45) is 5.73 Å². The zero-order chi connectivity index (χ0) is 19.1. The van der Waals surface area contributed by atoms with Gasteiger partial charge in [-0.25, -0.2) is 9.97 Å². The number of carbonyl (C=O) groups is 1. The first kappa shape index (κ1) is 19.3. The standard InChI is InChI=1S/C10H11N3O2.C8H9NOS/c1-14-8-3-6-7(4-9(8)15-2)12-5-13-10(6)11;1-11-7-4-2-3-6(5-7)8(9)10/h3-5H,1-2H3,(H2,11,12,13);2-5H,1H3,(H2,9,10). The number of hydrogen-bond donors (Lipinski definition) is 2. The van der Waals surface area contributed by atoms with E-state index in [2.05, 4.69) is 9.97 Å². The van der Waals surface area contributed by atoms with Crippen molar-refractivity contribution in [2.75, 3.05) is 26.2 Å². The van der Waals surface area contributed by atoms with E-state index in [1.807, 2.05) is 18.4 Å². The summed E-state index contributed by atoms with van der Waals surface area (Å²) in [5.41, 5.74) is 12.1. The number of nitrogens with zero attached hydrogens (tertiary/aromatic N) is 2. The quantitative estimate of drug-likeness (QED) is 0.677. The summed E-state index contributed by atoms with van der Waals surface area (Å²) in [6.07, 6.45) is 3.38. The van der Waals surface area contributed by atoms with Crippen molar-refractivity contribution in [3.8, 4) is 11.5 Å². The molecule has 7 nitrogen and oxygen atoms in total. The number of rotatable bonds is 4. The molecule has 2 aromatic carbocycles. The molecule has 0 aliphatic rings. The van der Waals surface area contributed by atoms with Crippen LogP contribution >= 0.6 is 11.8 Å². The van der Waals surface area contributed by atoms with Gasteiger partial charge >= 0.3 is 0 Å². The largest absolute Gasteiger partial charge is 0.493 e. The Morgan fingerprint density at radius 1 is 1.08 bits per heavy atom. The molecule has 0 aliphatic heterocycles. The number of amides is 1. The number of methoxy groups -OCH3 is 2.